The molecule has 1 amide bonds. The topological polar surface area (TPSA) is 55.1 Å². The fourth-order valence-electron chi connectivity index (χ4n) is 1.45. The average Bonchev–Trinajstić information content (AvgIpc) is 2.34. The predicted octanol–water partition coefficient (Wildman–Crippen LogP) is 1.79. The Kier molecular flexibility index (Phi) is 6.43. The summed E-state index contributed by atoms with van der Waals surface area (Å²) in [6.45, 7) is 5.25. The fourth-order valence-corrected chi connectivity index (χ4v) is 2.07. The molecule has 0 saturated heterocycles. The van der Waals surface area contributed by atoms with Gasteiger partial charge >= 0.3 is 0 Å². The van der Waals surface area contributed by atoms with Gasteiger partial charge in [0.25, 0.3) is 0 Å². The van der Waals surface area contributed by atoms with Crippen molar-refractivity contribution in [2.24, 2.45) is 5.73 Å². The van der Waals surface area contributed by atoms with Gasteiger partial charge in [0.05, 0.1) is 0 Å². The average molecular weight is 250 g/mol. The highest BCUT2D eigenvalue weighted by atomic mass is 32.2. The van der Waals surface area contributed by atoms with Gasteiger partial charge in [0.1, 0.15) is 0 Å². The second-order valence-corrected chi connectivity index (χ2v) is 4.71. The van der Waals surface area contributed by atoms with Crippen molar-refractivity contribution < 1.29 is 4.79 Å². The summed E-state index contributed by atoms with van der Waals surface area (Å²) in [4.78, 5) is 11.2. The largest absolute Gasteiger partial charge is 0.366 e. The molecular formula is C13H18N2OS. The molecule has 0 aliphatic carbocycles. The summed E-state index contributed by atoms with van der Waals surface area (Å²) in [6.07, 6.45) is 1.90. The summed E-state index contributed by atoms with van der Waals surface area (Å²) in [5.41, 5.74) is 6.85. The number of benzene rings is 1. The van der Waals surface area contributed by atoms with Crippen molar-refractivity contribution in [1.29, 1.82) is 0 Å². The summed E-state index contributed by atoms with van der Waals surface area (Å²) in [5, 5.41) is 3.29. The van der Waals surface area contributed by atoms with Gasteiger partial charge in [-0.15, -0.1) is 6.58 Å². The highest BCUT2D eigenvalue weighted by Gasteiger charge is 2.05. The van der Waals surface area contributed by atoms with Gasteiger partial charge in [-0.05, 0) is 11.6 Å². The number of carbonyl (C=O) groups is 1. The smallest absolute Gasteiger partial charge is 0.249 e. The number of carbonyl (C=O) groups excluding carboxylic acids is 1. The highest BCUT2D eigenvalue weighted by Crippen LogP contribution is 2.07. The van der Waals surface area contributed by atoms with E-state index in [0.717, 1.165) is 23.6 Å². The van der Waals surface area contributed by atoms with E-state index in [4.69, 9.17) is 5.73 Å². The number of hydrogen-bond donors (Lipinski definition) is 2. The third kappa shape index (κ3) is 5.06. The van der Waals surface area contributed by atoms with Crippen LogP contribution in [0.1, 0.15) is 15.9 Å². The quantitative estimate of drug-likeness (QED) is 0.546. The van der Waals surface area contributed by atoms with Gasteiger partial charge in [-0.2, -0.15) is 11.8 Å². The number of nitrogens with one attached hydrogen (secondary N) is 1. The van der Waals surface area contributed by atoms with Crippen LogP contribution < -0.4 is 11.1 Å². The van der Waals surface area contributed by atoms with Crippen molar-refractivity contribution in [2.75, 3.05) is 18.1 Å². The molecule has 0 aliphatic heterocycles. The number of thioether (sulfide) groups is 1. The van der Waals surface area contributed by atoms with E-state index >= 15 is 0 Å². The van der Waals surface area contributed by atoms with Gasteiger partial charge in [-0.1, -0.05) is 24.3 Å². The Morgan fingerprint density at radius 1 is 1.47 bits per heavy atom. The van der Waals surface area contributed by atoms with Gasteiger partial charge in [0, 0.05) is 30.2 Å². The van der Waals surface area contributed by atoms with Crippen LogP contribution in [0.3, 0.4) is 0 Å². The molecule has 0 radical (unpaired) electrons. The fraction of sp³-hybridized carbons (Fsp3) is 0.308. The van der Waals surface area contributed by atoms with Crippen LogP contribution in [0, 0.1) is 0 Å². The monoisotopic (exact) mass is 250 g/mol. The zero-order valence-corrected chi connectivity index (χ0v) is 10.6. The molecule has 3 nitrogen and oxygen atoms in total. The second kappa shape index (κ2) is 7.92. The molecule has 0 saturated carbocycles. The first kappa shape index (κ1) is 13.8. The third-order valence-electron chi connectivity index (χ3n) is 2.26. The molecule has 92 valence electrons. The van der Waals surface area contributed by atoms with E-state index in [2.05, 4.69) is 11.9 Å². The van der Waals surface area contributed by atoms with E-state index < -0.39 is 0 Å². The molecule has 17 heavy (non-hydrogen) atoms. The maximum atomic E-state index is 11.2. The Morgan fingerprint density at radius 3 is 2.94 bits per heavy atom. The van der Waals surface area contributed by atoms with Gasteiger partial charge < -0.3 is 11.1 Å². The zero-order valence-electron chi connectivity index (χ0n) is 9.82. The molecule has 1 aromatic carbocycles. The Hall–Kier alpha value is -1.26. The van der Waals surface area contributed by atoms with Gasteiger partial charge in [-0.25, -0.2) is 0 Å². The number of primary amides is 1. The van der Waals surface area contributed by atoms with Crippen molar-refractivity contribution in [3.05, 3.63) is 48.0 Å². The van der Waals surface area contributed by atoms with E-state index in [1.807, 2.05) is 36.0 Å². The Labute approximate surface area is 106 Å². The van der Waals surface area contributed by atoms with Crippen LogP contribution in [0.25, 0.3) is 0 Å². The third-order valence-corrected chi connectivity index (χ3v) is 3.22. The molecule has 0 aromatic heterocycles. The molecule has 1 rings (SSSR count). The molecular weight excluding hydrogens is 232 g/mol. The van der Waals surface area contributed by atoms with E-state index in [9.17, 15) is 4.79 Å². The summed E-state index contributed by atoms with van der Waals surface area (Å²) in [6, 6.07) is 7.41. The van der Waals surface area contributed by atoms with Crippen molar-refractivity contribution >= 4 is 17.7 Å². The van der Waals surface area contributed by atoms with Crippen LogP contribution in [0.4, 0.5) is 0 Å². The maximum Gasteiger partial charge on any atom is 0.249 e. The van der Waals surface area contributed by atoms with Gasteiger partial charge in [0.15, 0.2) is 0 Å². The zero-order chi connectivity index (χ0) is 12.5. The molecule has 0 aliphatic rings. The lowest BCUT2D eigenvalue weighted by atomic mass is 10.1. The Morgan fingerprint density at radius 2 is 2.24 bits per heavy atom. The lowest BCUT2D eigenvalue weighted by molar-refractivity contribution is 0.0999. The molecule has 0 atom stereocenters. The summed E-state index contributed by atoms with van der Waals surface area (Å²) in [5.74, 6) is 1.63. The molecule has 3 N–H and O–H groups in total. The van der Waals surface area contributed by atoms with Crippen molar-refractivity contribution in [3.8, 4) is 0 Å². The molecule has 4 heteroatoms. The van der Waals surface area contributed by atoms with Crippen molar-refractivity contribution in [1.82, 2.24) is 5.32 Å². The van der Waals surface area contributed by atoms with Crippen LogP contribution in [0.5, 0.6) is 0 Å². The van der Waals surface area contributed by atoms with Crippen molar-refractivity contribution in [3.63, 3.8) is 0 Å². The van der Waals surface area contributed by atoms with Crippen LogP contribution in [-0.2, 0) is 6.54 Å². The minimum absolute atomic E-state index is 0.372. The predicted molar refractivity (Wildman–Crippen MR) is 74.2 cm³/mol. The van der Waals surface area contributed by atoms with Crippen LogP contribution in [-0.4, -0.2) is 24.0 Å². The molecule has 0 bridgehead atoms. The van der Waals surface area contributed by atoms with E-state index in [1.165, 1.54) is 0 Å². The Bertz CT molecular complexity index is 379. The highest BCUT2D eigenvalue weighted by molar-refractivity contribution is 7.99. The normalized spacial score (nSPS) is 10.1. The van der Waals surface area contributed by atoms with Crippen LogP contribution >= 0.6 is 11.8 Å². The van der Waals surface area contributed by atoms with E-state index in [0.29, 0.717) is 12.1 Å². The van der Waals surface area contributed by atoms with Crippen LogP contribution in [0.15, 0.2) is 36.9 Å². The summed E-state index contributed by atoms with van der Waals surface area (Å²) >= 11 is 1.83. The summed E-state index contributed by atoms with van der Waals surface area (Å²) in [7, 11) is 0. The molecule has 0 unspecified atom stereocenters. The number of rotatable bonds is 8. The number of amides is 1. The molecule has 0 spiro atoms. The van der Waals surface area contributed by atoms with E-state index in [-0.39, 0.29) is 5.91 Å². The maximum absolute atomic E-state index is 11.2. The standard InChI is InChI=1S/C13H18N2OS/c1-2-8-17-9-7-15-10-11-5-3-4-6-12(11)13(14)16/h2-6,15H,1,7-10H2,(H2,14,16). The van der Waals surface area contributed by atoms with Crippen LogP contribution in [0.2, 0.25) is 0 Å². The van der Waals surface area contributed by atoms with Crippen molar-refractivity contribution in [2.45, 2.75) is 6.54 Å². The lowest BCUT2D eigenvalue weighted by Gasteiger charge is -2.07. The molecule has 1 aromatic rings. The Balaban J connectivity index is 2.36. The minimum Gasteiger partial charge on any atom is -0.366 e. The number of hydrogen-bond acceptors (Lipinski definition) is 3. The molecule has 0 heterocycles. The lowest BCUT2D eigenvalue weighted by Crippen LogP contribution is -2.20. The SMILES string of the molecule is C=CCSCCNCc1ccccc1C(N)=O. The minimum atomic E-state index is -0.372. The van der Waals surface area contributed by atoms with Gasteiger partial charge in [0.2, 0.25) is 5.91 Å². The first-order chi connectivity index (χ1) is 8.25. The summed E-state index contributed by atoms with van der Waals surface area (Å²) < 4.78 is 0. The van der Waals surface area contributed by atoms with E-state index in [1.54, 1.807) is 6.07 Å². The first-order valence-electron chi connectivity index (χ1n) is 5.52. The second-order valence-electron chi connectivity index (χ2n) is 3.56. The van der Waals surface area contributed by atoms with Gasteiger partial charge in [-0.3, -0.25) is 4.79 Å². The molecule has 0 fully saturated rings. The first-order valence-corrected chi connectivity index (χ1v) is 6.68. The number of nitrogens with two attached hydrogens (primary N) is 1.